The predicted molar refractivity (Wildman–Crippen MR) is 104 cm³/mol. The van der Waals surface area contributed by atoms with Gasteiger partial charge in [0, 0.05) is 0 Å². The number of methoxy groups -OCH3 is 1. The Hall–Kier alpha value is -2.85. The van der Waals surface area contributed by atoms with Crippen LogP contribution in [-0.2, 0) is 14.9 Å². The van der Waals surface area contributed by atoms with E-state index in [0.29, 0.717) is 21.2 Å². The van der Waals surface area contributed by atoms with Gasteiger partial charge in [-0.2, -0.15) is 5.26 Å². The molecule has 1 aromatic carbocycles. The normalized spacial score (nSPS) is 10.8. The van der Waals surface area contributed by atoms with Crippen molar-refractivity contribution in [1.82, 2.24) is 0 Å². The first-order valence-electron chi connectivity index (χ1n) is 8.32. The largest absolute Gasteiger partial charge is 0.484 e. The summed E-state index contributed by atoms with van der Waals surface area (Å²) >= 11 is 1.01. The Bertz CT molecular complexity index is 886. The number of nitrogens with zero attached hydrogens (tertiary/aromatic N) is 1. The van der Waals surface area contributed by atoms with Crippen LogP contribution in [0.15, 0.2) is 24.3 Å². The summed E-state index contributed by atoms with van der Waals surface area (Å²) in [5.41, 5.74) is 1.95. The Kier molecular flexibility index (Phi) is 6.24. The van der Waals surface area contributed by atoms with Gasteiger partial charge in [0.2, 0.25) is 0 Å². The molecule has 7 heteroatoms. The molecule has 0 fully saturated rings. The van der Waals surface area contributed by atoms with Crippen LogP contribution in [0.5, 0.6) is 5.75 Å². The molecule has 0 aliphatic carbocycles. The molecule has 142 valence electrons. The average molecular weight is 386 g/mol. The monoisotopic (exact) mass is 386 g/mol. The van der Waals surface area contributed by atoms with E-state index in [9.17, 15) is 14.9 Å². The average Bonchev–Trinajstić information content (AvgIpc) is 2.94. The van der Waals surface area contributed by atoms with Gasteiger partial charge < -0.3 is 14.8 Å². The molecule has 0 unspecified atom stereocenters. The Balaban J connectivity index is 2.04. The number of thiophene rings is 1. The lowest BCUT2D eigenvalue weighted by molar-refractivity contribution is -0.118. The van der Waals surface area contributed by atoms with Crippen molar-refractivity contribution >= 4 is 28.2 Å². The van der Waals surface area contributed by atoms with Crippen LogP contribution in [0.2, 0.25) is 0 Å². The first-order valence-corrected chi connectivity index (χ1v) is 9.14. The van der Waals surface area contributed by atoms with Crippen LogP contribution in [0.1, 0.15) is 47.1 Å². The molecule has 0 saturated heterocycles. The molecule has 2 rings (SSSR count). The van der Waals surface area contributed by atoms with Crippen LogP contribution in [0, 0.1) is 18.3 Å². The molecule has 1 amide bonds. The number of esters is 1. The highest BCUT2D eigenvalue weighted by Gasteiger charge is 2.22. The van der Waals surface area contributed by atoms with Crippen molar-refractivity contribution in [2.45, 2.75) is 33.1 Å². The lowest BCUT2D eigenvalue weighted by Crippen LogP contribution is -2.20. The summed E-state index contributed by atoms with van der Waals surface area (Å²) in [6.45, 7) is 7.80. The van der Waals surface area contributed by atoms with Crippen molar-refractivity contribution in [3.63, 3.8) is 0 Å². The Morgan fingerprint density at radius 2 is 1.85 bits per heavy atom. The minimum Gasteiger partial charge on any atom is -0.484 e. The lowest BCUT2D eigenvalue weighted by Gasteiger charge is -2.19. The van der Waals surface area contributed by atoms with E-state index in [0.717, 1.165) is 11.3 Å². The fourth-order valence-electron chi connectivity index (χ4n) is 2.39. The lowest BCUT2D eigenvalue weighted by atomic mass is 9.87. The van der Waals surface area contributed by atoms with Gasteiger partial charge in [-0.25, -0.2) is 4.79 Å². The number of amides is 1. The highest BCUT2D eigenvalue weighted by atomic mass is 32.1. The molecule has 2 aromatic rings. The van der Waals surface area contributed by atoms with Gasteiger partial charge in [0.05, 0.1) is 12.7 Å². The summed E-state index contributed by atoms with van der Waals surface area (Å²) in [6.07, 6.45) is 0. The second-order valence-electron chi connectivity index (χ2n) is 6.97. The van der Waals surface area contributed by atoms with Gasteiger partial charge in [-0.3, -0.25) is 4.79 Å². The minimum absolute atomic E-state index is 0.0397. The molecule has 0 spiro atoms. The highest BCUT2D eigenvalue weighted by Crippen LogP contribution is 2.33. The molecule has 6 nitrogen and oxygen atoms in total. The maximum atomic E-state index is 12.2. The number of anilines is 1. The van der Waals surface area contributed by atoms with E-state index < -0.39 is 11.9 Å². The van der Waals surface area contributed by atoms with Gasteiger partial charge >= 0.3 is 5.97 Å². The summed E-state index contributed by atoms with van der Waals surface area (Å²) in [6, 6.07) is 9.58. The molecule has 0 bridgehead atoms. The van der Waals surface area contributed by atoms with Crippen molar-refractivity contribution in [2.75, 3.05) is 19.0 Å². The first-order chi connectivity index (χ1) is 12.7. The number of ether oxygens (including phenoxy) is 2. The standard InChI is InChI=1S/C20H22N2O4S/c1-12-15(10-21)18(27-17(12)19(24)25-5)22-16(23)11-26-14-8-6-13(7-9-14)20(2,3)4/h6-9H,11H2,1-5H3,(H,22,23). The second kappa shape index (κ2) is 8.23. The van der Waals surface area contributed by atoms with Crippen LogP contribution in [-0.4, -0.2) is 25.6 Å². The Labute approximate surface area is 162 Å². The molecular formula is C20H22N2O4S. The highest BCUT2D eigenvalue weighted by molar-refractivity contribution is 7.18. The SMILES string of the molecule is COC(=O)c1sc(NC(=O)COc2ccc(C(C)(C)C)cc2)c(C#N)c1C. The predicted octanol–water partition coefficient (Wildman–Crippen LogP) is 4.03. The molecule has 1 aromatic heterocycles. The van der Waals surface area contributed by atoms with Gasteiger partial charge in [-0.05, 0) is 35.6 Å². The van der Waals surface area contributed by atoms with Crippen LogP contribution < -0.4 is 10.1 Å². The third-order valence-electron chi connectivity index (χ3n) is 3.97. The molecule has 1 N–H and O–H groups in total. The van der Waals surface area contributed by atoms with Gasteiger partial charge in [-0.15, -0.1) is 11.3 Å². The number of benzene rings is 1. The number of hydrogen-bond donors (Lipinski definition) is 1. The first kappa shape index (κ1) is 20.5. The van der Waals surface area contributed by atoms with E-state index in [4.69, 9.17) is 9.47 Å². The molecule has 0 aliphatic heterocycles. The number of rotatable bonds is 5. The maximum Gasteiger partial charge on any atom is 0.348 e. The fourth-order valence-corrected chi connectivity index (χ4v) is 3.48. The van der Waals surface area contributed by atoms with Gasteiger partial charge in [0.25, 0.3) is 5.91 Å². The van der Waals surface area contributed by atoms with E-state index in [2.05, 4.69) is 26.1 Å². The Morgan fingerprint density at radius 3 is 2.37 bits per heavy atom. The van der Waals surface area contributed by atoms with Crippen LogP contribution in [0.25, 0.3) is 0 Å². The summed E-state index contributed by atoms with van der Waals surface area (Å²) in [7, 11) is 1.27. The van der Waals surface area contributed by atoms with E-state index in [1.54, 1.807) is 6.92 Å². The van der Waals surface area contributed by atoms with E-state index in [-0.39, 0.29) is 17.6 Å². The van der Waals surface area contributed by atoms with Crippen molar-refractivity contribution < 1.29 is 19.1 Å². The van der Waals surface area contributed by atoms with Gasteiger partial charge in [-0.1, -0.05) is 32.9 Å². The fraction of sp³-hybridized carbons (Fsp3) is 0.350. The molecule has 0 radical (unpaired) electrons. The number of hydrogen-bond acceptors (Lipinski definition) is 6. The number of carbonyl (C=O) groups excluding carboxylic acids is 2. The third kappa shape index (κ3) is 4.86. The van der Waals surface area contributed by atoms with E-state index >= 15 is 0 Å². The minimum atomic E-state index is -0.537. The smallest absolute Gasteiger partial charge is 0.348 e. The summed E-state index contributed by atoms with van der Waals surface area (Å²) in [4.78, 5) is 24.2. The molecular weight excluding hydrogens is 364 g/mol. The zero-order chi connectivity index (χ0) is 20.2. The number of carbonyl (C=O) groups is 2. The Morgan fingerprint density at radius 1 is 1.22 bits per heavy atom. The summed E-state index contributed by atoms with van der Waals surface area (Å²) < 4.78 is 10.2. The number of nitriles is 1. The van der Waals surface area contributed by atoms with Crippen molar-refractivity contribution in [3.05, 3.63) is 45.8 Å². The van der Waals surface area contributed by atoms with Crippen LogP contribution in [0.4, 0.5) is 5.00 Å². The molecule has 0 aliphatic rings. The van der Waals surface area contributed by atoms with Crippen LogP contribution >= 0.6 is 11.3 Å². The summed E-state index contributed by atoms with van der Waals surface area (Å²) in [5.74, 6) is -0.370. The quantitative estimate of drug-likeness (QED) is 0.784. The molecule has 0 saturated carbocycles. The van der Waals surface area contributed by atoms with Gasteiger partial charge in [0.15, 0.2) is 6.61 Å². The van der Waals surface area contributed by atoms with Crippen LogP contribution in [0.3, 0.4) is 0 Å². The maximum absolute atomic E-state index is 12.2. The van der Waals surface area contributed by atoms with E-state index in [1.807, 2.05) is 30.3 Å². The van der Waals surface area contributed by atoms with Crippen molar-refractivity contribution in [1.29, 1.82) is 5.26 Å². The van der Waals surface area contributed by atoms with Crippen molar-refractivity contribution in [2.24, 2.45) is 0 Å². The topological polar surface area (TPSA) is 88.4 Å². The molecule has 1 heterocycles. The zero-order valence-electron chi connectivity index (χ0n) is 16.0. The molecule has 0 atom stereocenters. The van der Waals surface area contributed by atoms with Crippen molar-refractivity contribution in [3.8, 4) is 11.8 Å². The molecule has 27 heavy (non-hydrogen) atoms. The number of nitrogens with one attached hydrogen (secondary N) is 1. The summed E-state index contributed by atoms with van der Waals surface area (Å²) in [5, 5.41) is 12.2. The third-order valence-corrected chi connectivity index (χ3v) is 5.16. The van der Waals surface area contributed by atoms with E-state index in [1.165, 1.54) is 12.7 Å². The zero-order valence-corrected chi connectivity index (χ0v) is 16.8. The second-order valence-corrected chi connectivity index (χ2v) is 8.00. The van der Waals surface area contributed by atoms with Gasteiger partial charge in [0.1, 0.15) is 21.7 Å².